The van der Waals surface area contributed by atoms with Crippen molar-refractivity contribution in [1.29, 1.82) is 0 Å². The van der Waals surface area contributed by atoms with Crippen LogP contribution in [0.2, 0.25) is 0 Å². The van der Waals surface area contributed by atoms with Crippen LogP contribution in [0.4, 0.5) is 0 Å². The number of fused-ring (bicyclic) bond motifs is 2. The van der Waals surface area contributed by atoms with Gasteiger partial charge in [0.05, 0.1) is 40.5 Å². The van der Waals surface area contributed by atoms with Crippen LogP contribution in [0, 0.1) is 0 Å². The van der Waals surface area contributed by atoms with Gasteiger partial charge in [0.1, 0.15) is 40.6 Å². The Hall–Kier alpha value is -7.66. The molecule has 10 heteroatoms. The van der Waals surface area contributed by atoms with Gasteiger partial charge < -0.3 is 39.8 Å². The molecule has 65 heavy (non-hydrogen) atoms. The summed E-state index contributed by atoms with van der Waals surface area (Å²) in [4.78, 5) is 29.7. The van der Waals surface area contributed by atoms with E-state index in [-0.39, 0.29) is 0 Å². The third-order valence-corrected chi connectivity index (χ3v) is 12.1. The number of para-hydroxylation sites is 4. The molecule has 0 aliphatic heterocycles. The van der Waals surface area contributed by atoms with Crippen LogP contribution in [-0.4, -0.2) is 50.5 Å². The lowest BCUT2D eigenvalue weighted by atomic mass is 9.75. The van der Waals surface area contributed by atoms with Crippen molar-refractivity contribution in [3.05, 3.63) is 215 Å². The highest BCUT2D eigenvalue weighted by Gasteiger charge is 2.48. The normalized spacial score (nSPS) is 12.5. The van der Waals surface area contributed by atoms with E-state index in [1.165, 1.54) is 28.4 Å². The lowest BCUT2D eigenvalue weighted by Gasteiger charge is -2.40. The summed E-state index contributed by atoms with van der Waals surface area (Å²) < 4.78 is 23.5. The molecule has 0 saturated heterocycles. The van der Waals surface area contributed by atoms with E-state index >= 15 is 0 Å². The van der Waals surface area contributed by atoms with Crippen LogP contribution >= 0.6 is 0 Å². The van der Waals surface area contributed by atoms with Crippen molar-refractivity contribution in [3.8, 4) is 23.0 Å². The van der Waals surface area contributed by atoms with Crippen LogP contribution in [0.1, 0.15) is 51.9 Å². The fourth-order valence-electron chi connectivity index (χ4n) is 9.14. The Morgan fingerprint density at radius 3 is 1.02 bits per heavy atom. The summed E-state index contributed by atoms with van der Waals surface area (Å²) in [6, 6.07) is 52.5. The molecule has 0 saturated carbocycles. The fourth-order valence-corrected chi connectivity index (χ4v) is 9.14. The zero-order valence-electron chi connectivity index (χ0n) is 36.5. The topological polar surface area (TPSA) is 136 Å². The van der Waals surface area contributed by atoms with E-state index in [2.05, 4.69) is 10.6 Å². The third kappa shape index (κ3) is 8.21. The van der Waals surface area contributed by atoms with Crippen LogP contribution in [0.15, 0.2) is 182 Å². The van der Waals surface area contributed by atoms with Crippen molar-refractivity contribution in [3.63, 3.8) is 0 Å². The zero-order chi connectivity index (χ0) is 45.6. The maximum absolute atomic E-state index is 14.9. The van der Waals surface area contributed by atoms with Crippen LogP contribution in [-0.2, 0) is 20.8 Å². The van der Waals surface area contributed by atoms with Gasteiger partial charge in [0.25, 0.3) is 0 Å². The van der Waals surface area contributed by atoms with E-state index in [9.17, 15) is 19.8 Å². The molecule has 8 rings (SSSR count). The summed E-state index contributed by atoms with van der Waals surface area (Å²) in [6.07, 6.45) is -0.704. The molecule has 10 nitrogen and oxygen atoms in total. The number of nitrogens with one attached hydrogen (secondary N) is 2. The number of methoxy groups -OCH3 is 4. The number of amides is 2. The second-order valence-electron chi connectivity index (χ2n) is 15.6. The first kappa shape index (κ1) is 44.0. The van der Waals surface area contributed by atoms with Crippen molar-refractivity contribution < 1.29 is 38.7 Å². The first-order valence-electron chi connectivity index (χ1n) is 21.2. The molecule has 8 aromatic carbocycles. The Balaban J connectivity index is 1.27. The number of aliphatic hydroxyl groups is 2. The molecule has 4 N–H and O–H groups in total. The highest BCUT2D eigenvalue weighted by atomic mass is 16.5. The number of benzene rings is 8. The largest absolute Gasteiger partial charge is 0.496 e. The van der Waals surface area contributed by atoms with Gasteiger partial charge >= 0.3 is 0 Å². The summed E-state index contributed by atoms with van der Waals surface area (Å²) in [5, 5.41) is 36.8. The number of hydrogen-bond donors (Lipinski definition) is 4. The van der Waals surface area contributed by atoms with Crippen molar-refractivity contribution >= 4 is 33.4 Å². The van der Waals surface area contributed by atoms with Crippen molar-refractivity contribution in [2.45, 2.75) is 29.7 Å². The van der Waals surface area contributed by atoms with Gasteiger partial charge in [-0.05, 0) is 56.9 Å². The lowest BCUT2D eigenvalue weighted by Crippen LogP contribution is -2.48. The van der Waals surface area contributed by atoms with Gasteiger partial charge in [0, 0.05) is 22.3 Å². The molecule has 0 fully saturated rings. The Bertz CT molecular complexity index is 2680. The van der Waals surface area contributed by atoms with E-state index < -0.39 is 41.5 Å². The second kappa shape index (κ2) is 19.0. The van der Waals surface area contributed by atoms with E-state index in [4.69, 9.17) is 18.9 Å². The molecule has 0 aliphatic carbocycles. The molecule has 328 valence electrons. The number of ether oxygens (including phenoxy) is 4. The Labute approximate surface area is 378 Å². The van der Waals surface area contributed by atoms with Crippen LogP contribution in [0.3, 0.4) is 0 Å². The van der Waals surface area contributed by atoms with Gasteiger partial charge in [-0.15, -0.1) is 0 Å². The second-order valence-corrected chi connectivity index (χ2v) is 15.6. The number of carbonyl (C=O) groups excluding carboxylic acids is 2. The number of carbonyl (C=O) groups is 2. The average Bonchev–Trinajstić information content (AvgIpc) is 3.36. The Morgan fingerprint density at radius 1 is 0.415 bits per heavy atom. The standard InChI is InChI=1S/C55H50N2O8/c1-62-46-31-13-9-27-42(46)54(60,43-28-10-14-32-47(43)63-2)52(40-25-17-21-36-19-5-7-23-38(36)40)56-50(58)35-51(59)57-53(41-26-18-22-37-20-6-8-24-39(37)41)55(61,44-29-11-15-33-48(44)64-3)45-30-12-16-34-49(45)65-4/h5-34,52-53,60-61H,35H2,1-4H3,(H,56,58)(H,57,59)/t52-,53-/m1/s1. The van der Waals surface area contributed by atoms with Crippen molar-refractivity contribution in [2.75, 3.05) is 28.4 Å². The van der Waals surface area contributed by atoms with Gasteiger partial charge in [0.2, 0.25) is 11.8 Å². The van der Waals surface area contributed by atoms with Gasteiger partial charge in [-0.2, -0.15) is 0 Å². The molecule has 0 radical (unpaired) electrons. The minimum Gasteiger partial charge on any atom is -0.496 e. The Morgan fingerprint density at radius 2 is 0.692 bits per heavy atom. The molecule has 0 aliphatic rings. The monoisotopic (exact) mass is 866 g/mol. The highest BCUT2D eigenvalue weighted by Crippen LogP contribution is 2.50. The number of rotatable bonds is 16. The molecule has 2 atom stereocenters. The SMILES string of the molecule is COc1ccccc1C(O)(c1ccccc1OC)[C@H](NC(=O)CC(=O)N[C@H](c1cccc2ccccc12)C(O)(c1ccccc1OC)c1ccccc1OC)c1cccc2ccccc12. The first-order valence-corrected chi connectivity index (χ1v) is 21.2. The maximum atomic E-state index is 14.9. The summed E-state index contributed by atoms with van der Waals surface area (Å²) >= 11 is 0. The Kier molecular flexibility index (Phi) is 12.8. The van der Waals surface area contributed by atoms with E-state index in [0.29, 0.717) is 56.4 Å². The molecule has 0 heterocycles. The van der Waals surface area contributed by atoms with Crippen LogP contribution in [0.5, 0.6) is 23.0 Å². The summed E-state index contributed by atoms with van der Waals surface area (Å²) in [7, 11) is 6.06. The predicted molar refractivity (Wildman–Crippen MR) is 252 cm³/mol. The summed E-state index contributed by atoms with van der Waals surface area (Å²) in [5.41, 5.74) is -1.54. The van der Waals surface area contributed by atoms with E-state index in [1.54, 1.807) is 97.1 Å². The van der Waals surface area contributed by atoms with Gasteiger partial charge in [-0.3, -0.25) is 9.59 Å². The summed E-state index contributed by atoms with van der Waals surface area (Å²) in [5.74, 6) is 0.0361. The predicted octanol–water partition coefficient (Wildman–Crippen LogP) is 9.30. The molecule has 0 aromatic heterocycles. The van der Waals surface area contributed by atoms with Crippen molar-refractivity contribution in [2.24, 2.45) is 0 Å². The highest BCUT2D eigenvalue weighted by molar-refractivity contribution is 5.98. The zero-order valence-corrected chi connectivity index (χ0v) is 36.5. The van der Waals surface area contributed by atoms with E-state index in [0.717, 1.165) is 21.5 Å². The molecule has 0 spiro atoms. The average molecular weight is 867 g/mol. The molecular formula is C55H50N2O8. The van der Waals surface area contributed by atoms with Crippen LogP contribution in [0.25, 0.3) is 21.5 Å². The number of hydrogen-bond acceptors (Lipinski definition) is 8. The molecular weight excluding hydrogens is 817 g/mol. The fraction of sp³-hybridized carbons (Fsp3) is 0.164. The van der Waals surface area contributed by atoms with Crippen LogP contribution < -0.4 is 29.6 Å². The van der Waals surface area contributed by atoms with E-state index in [1.807, 2.05) is 84.9 Å². The lowest BCUT2D eigenvalue weighted by molar-refractivity contribution is -0.132. The smallest absolute Gasteiger partial charge is 0.230 e. The van der Waals surface area contributed by atoms with Gasteiger partial charge in [-0.1, -0.05) is 158 Å². The van der Waals surface area contributed by atoms with Crippen molar-refractivity contribution in [1.82, 2.24) is 10.6 Å². The summed E-state index contributed by atoms with van der Waals surface area (Å²) in [6.45, 7) is 0. The van der Waals surface area contributed by atoms with Gasteiger partial charge in [0.15, 0.2) is 0 Å². The minimum absolute atomic E-state index is 0.351. The third-order valence-electron chi connectivity index (χ3n) is 12.1. The first-order chi connectivity index (χ1) is 31.7. The quantitative estimate of drug-likeness (QED) is 0.0707. The molecule has 8 aromatic rings. The molecule has 0 unspecified atom stereocenters. The molecule has 0 bridgehead atoms. The van der Waals surface area contributed by atoms with Gasteiger partial charge in [-0.25, -0.2) is 0 Å². The maximum Gasteiger partial charge on any atom is 0.230 e. The minimum atomic E-state index is -2.05. The molecule has 2 amide bonds.